The van der Waals surface area contributed by atoms with Gasteiger partial charge in [-0.25, -0.2) is 4.98 Å². The van der Waals surface area contributed by atoms with E-state index < -0.39 is 0 Å². The zero-order valence-electron chi connectivity index (χ0n) is 16.7. The third kappa shape index (κ3) is 3.75. The van der Waals surface area contributed by atoms with Crippen LogP contribution in [0.5, 0.6) is 17.2 Å². The average Bonchev–Trinajstić information content (AvgIpc) is 3.43. The van der Waals surface area contributed by atoms with Gasteiger partial charge in [-0.05, 0) is 48.7 Å². The van der Waals surface area contributed by atoms with Crippen molar-refractivity contribution in [2.75, 3.05) is 31.9 Å². The van der Waals surface area contributed by atoms with Gasteiger partial charge in [0.1, 0.15) is 5.75 Å². The number of ether oxygens (including phenoxy) is 3. The van der Waals surface area contributed by atoms with Gasteiger partial charge in [-0.3, -0.25) is 4.79 Å². The van der Waals surface area contributed by atoms with Crippen LogP contribution in [0.4, 0.5) is 5.13 Å². The van der Waals surface area contributed by atoms with E-state index in [1.54, 1.807) is 18.4 Å². The van der Waals surface area contributed by atoms with Gasteiger partial charge < -0.3 is 24.4 Å². The van der Waals surface area contributed by atoms with Crippen molar-refractivity contribution in [3.63, 3.8) is 0 Å². The molecule has 1 fully saturated rings. The van der Waals surface area contributed by atoms with E-state index in [2.05, 4.69) is 10.2 Å². The molecule has 7 nitrogen and oxygen atoms in total. The van der Waals surface area contributed by atoms with Gasteiger partial charge in [0.2, 0.25) is 12.7 Å². The topological polar surface area (TPSA) is 72.9 Å². The number of nitrogens with one attached hydrogen (secondary N) is 1. The largest absolute Gasteiger partial charge is 0.497 e. The molecule has 5 rings (SSSR count). The molecule has 0 radical (unpaired) electrons. The summed E-state index contributed by atoms with van der Waals surface area (Å²) in [5.41, 5.74) is 1.99. The second-order valence-corrected chi connectivity index (χ2v) is 8.51. The molecule has 0 atom stereocenters. The molecular weight excluding hydrogens is 402 g/mol. The van der Waals surface area contributed by atoms with E-state index in [0.717, 1.165) is 64.1 Å². The summed E-state index contributed by atoms with van der Waals surface area (Å²) < 4.78 is 17.1. The van der Waals surface area contributed by atoms with Gasteiger partial charge >= 0.3 is 0 Å². The predicted octanol–water partition coefficient (Wildman–Crippen LogP) is 3.57. The molecule has 8 heteroatoms. The monoisotopic (exact) mass is 425 g/mol. The van der Waals surface area contributed by atoms with Crippen LogP contribution in [-0.4, -0.2) is 37.9 Å². The quantitative estimate of drug-likeness (QED) is 0.674. The van der Waals surface area contributed by atoms with Crippen molar-refractivity contribution in [2.24, 2.45) is 5.92 Å². The molecule has 3 aromatic rings. The fourth-order valence-corrected chi connectivity index (χ4v) is 4.92. The number of methoxy groups -OCH3 is 1. The SMILES string of the molecule is COc1ccc2nc(N3CCC(C(=O)NCc4ccc5c(c4)OCO5)CC3)sc2c1. The molecule has 0 saturated carbocycles. The maximum absolute atomic E-state index is 12.6. The summed E-state index contributed by atoms with van der Waals surface area (Å²) >= 11 is 1.67. The molecule has 156 valence electrons. The van der Waals surface area contributed by atoms with E-state index in [-0.39, 0.29) is 18.6 Å². The standard InChI is InChI=1S/C22H23N3O4S/c1-27-16-3-4-17-20(11-16)30-22(24-17)25-8-6-15(7-9-25)21(26)23-12-14-2-5-18-19(10-14)29-13-28-18/h2-5,10-11,15H,6-9,12-13H2,1H3,(H,23,26). The molecular formula is C22H23N3O4S. The number of aromatic nitrogens is 1. The summed E-state index contributed by atoms with van der Waals surface area (Å²) in [6, 6.07) is 11.7. The van der Waals surface area contributed by atoms with Gasteiger partial charge in [0.05, 0.1) is 17.3 Å². The summed E-state index contributed by atoms with van der Waals surface area (Å²) in [5, 5.41) is 4.08. The van der Waals surface area contributed by atoms with Gasteiger partial charge in [-0.15, -0.1) is 0 Å². The highest BCUT2D eigenvalue weighted by Crippen LogP contribution is 2.34. The number of anilines is 1. The highest BCUT2D eigenvalue weighted by Gasteiger charge is 2.26. The summed E-state index contributed by atoms with van der Waals surface area (Å²) in [7, 11) is 1.67. The van der Waals surface area contributed by atoms with Crippen molar-refractivity contribution in [1.29, 1.82) is 0 Å². The number of hydrogen-bond donors (Lipinski definition) is 1. The fourth-order valence-electron chi connectivity index (χ4n) is 3.87. The van der Waals surface area contributed by atoms with E-state index >= 15 is 0 Å². The third-order valence-corrected chi connectivity index (χ3v) is 6.70. The number of carbonyl (C=O) groups excluding carboxylic acids is 1. The Kier molecular flexibility index (Phi) is 5.08. The summed E-state index contributed by atoms with van der Waals surface area (Å²) in [6.07, 6.45) is 1.65. The van der Waals surface area contributed by atoms with Crippen LogP contribution in [0.25, 0.3) is 10.2 Å². The summed E-state index contributed by atoms with van der Waals surface area (Å²) in [6.45, 7) is 2.42. The molecule has 1 saturated heterocycles. The average molecular weight is 426 g/mol. The van der Waals surface area contributed by atoms with Crippen LogP contribution in [0.2, 0.25) is 0 Å². The second-order valence-electron chi connectivity index (χ2n) is 7.50. The lowest BCUT2D eigenvalue weighted by Crippen LogP contribution is -2.40. The fraction of sp³-hybridized carbons (Fsp3) is 0.364. The Bertz CT molecular complexity index is 1080. The molecule has 0 aliphatic carbocycles. The van der Waals surface area contributed by atoms with Crippen LogP contribution in [-0.2, 0) is 11.3 Å². The number of fused-ring (bicyclic) bond motifs is 2. The highest BCUT2D eigenvalue weighted by atomic mass is 32.1. The molecule has 1 aromatic heterocycles. The Labute approximate surface area is 178 Å². The Hall–Kier alpha value is -3.00. The van der Waals surface area contributed by atoms with E-state index in [1.807, 2.05) is 36.4 Å². The first-order chi connectivity index (χ1) is 14.7. The Morgan fingerprint density at radius 2 is 2.03 bits per heavy atom. The molecule has 2 aliphatic rings. The number of piperidine rings is 1. The molecule has 2 aliphatic heterocycles. The molecule has 1 amide bonds. The van der Waals surface area contributed by atoms with Crippen molar-refractivity contribution in [2.45, 2.75) is 19.4 Å². The van der Waals surface area contributed by atoms with E-state index in [1.165, 1.54) is 0 Å². The number of carbonyl (C=O) groups is 1. The lowest BCUT2D eigenvalue weighted by Gasteiger charge is -2.31. The van der Waals surface area contributed by atoms with E-state index in [4.69, 9.17) is 19.2 Å². The zero-order chi connectivity index (χ0) is 20.5. The van der Waals surface area contributed by atoms with Crippen LogP contribution < -0.4 is 24.4 Å². The molecule has 0 bridgehead atoms. The second kappa shape index (κ2) is 8.02. The van der Waals surface area contributed by atoms with Crippen molar-refractivity contribution in [3.8, 4) is 17.2 Å². The maximum Gasteiger partial charge on any atom is 0.231 e. The first-order valence-electron chi connectivity index (χ1n) is 10.1. The van der Waals surface area contributed by atoms with Gasteiger partial charge in [-0.1, -0.05) is 17.4 Å². The third-order valence-electron chi connectivity index (χ3n) is 5.62. The van der Waals surface area contributed by atoms with Gasteiger partial charge in [-0.2, -0.15) is 0 Å². The van der Waals surface area contributed by atoms with Crippen molar-refractivity contribution in [3.05, 3.63) is 42.0 Å². The maximum atomic E-state index is 12.6. The predicted molar refractivity (Wildman–Crippen MR) is 116 cm³/mol. The van der Waals surface area contributed by atoms with E-state index in [0.29, 0.717) is 6.54 Å². The minimum Gasteiger partial charge on any atom is -0.497 e. The highest BCUT2D eigenvalue weighted by molar-refractivity contribution is 7.22. The van der Waals surface area contributed by atoms with Crippen LogP contribution in [0.15, 0.2) is 36.4 Å². The normalized spacial score (nSPS) is 16.1. The van der Waals surface area contributed by atoms with Crippen molar-refractivity contribution in [1.82, 2.24) is 10.3 Å². The zero-order valence-corrected chi connectivity index (χ0v) is 17.5. The smallest absolute Gasteiger partial charge is 0.231 e. The van der Waals surface area contributed by atoms with Crippen LogP contribution in [0.3, 0.4) is 0 Å². The van der Waals surface area contributed by atoms with Crippen LogP contribution in [0.1, 0.15) is 18.4 Å². The molecule has 0 spiro atoms. The Morgan fingerprint density at radius 3 is 2.87 bits per heavy atom. The lowest BCUT2D eigenvalue weighted by molar-refractivity contribution is -0.125. The lowest BCUT2D eigenvalue weighted by atomic mass is 9.96. The number of thiazole rings is 1. The van der Waals surface area contributed by atoms with Crippen molar-refractivity contribution < 1.29 is 19.0 Å². The summed E-state index contributed by atoms with van der Waals surface area (Å²) in [4.78, 5) is 19.7. The van der Waals surface area contributed by atoms with Gasteiger partial charge in [0.15, 0.2) is 16.6 Å². The minimum atomic E-state index is 0.0322. The molecule has 0 unspecified atom stereocenters. The first kappa shape index (κ1) is 19.0. The van der Waals surface area contributed by atoms with Gasteiger partial charge in [0, 0.05) is 25.6 Å². The van der Waals surface area contributed by atoms with Crippen molar-refractivity contribution >= 4 is 32.6 Å². The Balaban J connectivity index is 1.16. The minimum absolute atomic E-state index is 0.0322. The molecule has 30 heavy (non-hydrogen) atoms. The molecule has 3 heterocycles. The Morgan fingerprint density at radius 1 is 1.20 bits per heavy atom. The number of amides is 1. The van der Waals surface area contributed by atoms with Gasteiger partial charge in [0.25, 0.3) is 0 Å². The number of benzene rings is 2. The number of nitrogens with zero attached hydrogens (tertiary/aromatic N) is 2. The van der Waals surface area contributed by atoms with E-state index in [9.17, 15) is 4.79 Å². The summed E-state index contributed by atoms with van der Waals surface area (Å²) in [5.74, 6) is 2.48. The molecule has 1 N–H and O–H groups in total. The van der Waals surface area contributed by atoms with Crippen LogP contribution >= 0.6 is 11.3 Å². The molecule has 2 aromatic carbocycles. The first-order valence-corrected chi connectivity index (χ1v) is 10.9. The number of hydrogen-bond acceptors (Lipinski definition) is 7. The number of rotatable bonds is 5. The van der Waals surface area contributed by atoms with Crippen LogP contribution in [0, 0.1) is 5.92 Å².